The molecule has 2 heteroatoms. The first-order valence-electron chi connectivity index (χ1n) is 7.05. The Balaban J connectivity index is 0.000000411. The molecule has 0 N–H and O–H groups in total. The number of esters is 1. The molecule has 104 valence electrons. The van der Waals surface area contributed by atoms with Gasteiger partial charge >= 0.3 is 5.97 Å². The molecular formula is C16H28O2. The Kier molecular flexibility index (Phi) is 9.35. The van der Waals surface area contributed by atoms with Crippen LogP contribution in [0.1, 0.15) is 59.8 Å². The van der Waals surface area contributed by atoms with Crippen LogP contribution < -0.4 is 0 Å². The molecule has 0 radical (unpaired) electrons. The second kappa shape index (κ2) is 9.93. The van der Waals surface area contributed by atoms with Gasteiger partial charge in [-0.05, 0) is 44.1 Å². The molecule has 0 aliphatic heterocycles. The fourth-order valence-electron chi connectivity index (χ4n) is 2.12. The number of hydrogen-bond donors (Lipinski definition) is 0. The largest absolute Gasteiger partial charge is 0.466 e. The van der Waals surface area contributed by atoms with Crippen molar-refractivity contribution in [1.29, 1.82) is 0 Å². The summed E-state index contributed by atoms with van der Waals surface area (Å²) < 4.78 is 4.40. The molecule has 0 aromatic rings. The van der Waals surface area contributed by atoms with E-state index in [2.05, 4.69) is 31.2 Å². The summed E-state index contributed by atoms with van der Waals surface area (Å²) in [7, 11) is 0. The van der Waals surface area contributed by atoms with Crippen molar-refractivity contribution < 1.29 is 9.53 Å². The normalized spacial score (nSPS) is 21.2. The van der Waals surface area contributed by atoms with E-state index in [-0.39, 0.29) is 5.97 Å². The van der Waals surface area contributed by atoms with E-state index in [1.165, 1.54) is 43.8 Å². The summed E-state index contributed by atoms with van der Waals surface area (Å²) in [4.78, 5) is 9.82. The van der Waals surface area contributed by atoms with Crippen LogP contribution in [0.5, 0.6) is 0 Å². The molecule has 0 bridgehead atoms. The Labute approximate surface area is 112 Å². The van der Waals surface area contributed by atoms with Crippen LogP contribution >= 0.6 is 0 Å². The minimum absolute atomic E-state index is 0.211. The zero-order valence-electron chi connectivity index (χ0n) is 12.4. The van der Waals surface area contributed by atoms with Crippen LogP contribution in [0.15, 0.2) is 23.8 Å². The van der Waals surface area contributed by atoms with Crippen molar-refractivity contribution in [1.82, 2.24) is 0 Å². The van der Waals surface area contributed by atoms with E-state index in [0.717, 1.165) is 12.3 Å². The van der Waals surface area contributed by atoms with Crippen molar-refractivity contribution >= 4 is 5.97 Å². The molecule has 2 nitrogen and oxygen atoms in total. The highest BCUT2D eigenvalue weighted by atomic mass is 16.5. The number of ether oxygens (including phenoxy) is 1. The first-order chi connectivity index (χ1) is 8.54. The van der Waals surface area contributed by atoms with Gasteiger partial charge in [0.2, 0.25) is 0 Å². The van der Waals surface area contributed by atoms with E-state index in [1.807, 2.05) is 0 Å². The van der Waals surface area contributed by atoms with Gasteiger partial charge in [0.15, 0.2) is 0 Å². The zero-order valence-corrected chi connectivity index (χ0v) is 12.4. The molecular weight excluding hydrogens is 224 g/mol. The molecule has 1 rings (SSSR count). The zero-order chi connectivity index (χ0) is 14.0. The second-order valence-electron chi connectivity index (χ2n) is 4.68. The molecule has 1 unspecified atom stereocenters. The van der Waals surface area contributed by atoms with Gasteiger partial charge in [-0.2, -0.15) is 0 Å². The summed E-state index contributed by atoms with van der Waals surface area (Å²) in [6.07, 6.45) is 8.70. The number of carbonyl (C=O) groups is 1. The lowest BCUT2D eigenvalue weighted by molar-refractivity contribution is -0.140. The van der Waals surface area contributed by atoms with E-state index in [4.69, 9.17) is 0 Å². The summed E-state index contributed by atoms with van der Waals surface area (Å²) >= 11 is 0. The number of carbonyl (C=O) groups excluding carboxylic acids is 1. The minimum Gasteiger partial charge on any atom is -0.466 e. The quantitative estimate of drug-likeness (QED) is 0.683. The third-order valence-electron chi connectivity index (χ3n) is 3.19. The number of hydrogen-bond acceptors (Lipinski definition) is 2. The highest BCUT2D eigenvalue weighted by molar-refractivity contribution is 5.65. The fourth-order valence-corrected chi connectivity index (χ4v) is 2.12. The maximum Gasteiger partial charge on any atom is 0.302 e. The second-order valence-corrected chi connectivity index (χ2v) is 4.68. The van der Waals surface area contributed by atoms with Gasteiger partial charge in [0.1, 0.15) is 0 Å². The van der Waals surface area contributed by atoms with Crippen LogP contribution in [-0.4, -0.2) is 12.6 Å². The van der Waals surface area contributed by atoms with Crippen molar-refractivity contribution in [2.75, 3.05) is 6.61 Å². The van der Waals surface area contributed by atoms with Gasteiger partial charge in [-0.25, -0.2) is 0 Å². The monoisotopic (exact) mass is 252 g/mol. The Bertz CT molecular complexity index is 289. The van der Waals surface area contributed by atoms with E-state index in [1.54, 1.807) is 6.92 Å². The Morgan fingerprint density at radius 2 is 2.11 bits per heavy atom. The Morgan fingerprint density at radius 1 is 1.44 bits per heavy atom. The van der Waals surface area contributed by atoms with Gasteiger partial charge in [0.05, 0.1) is 6.61 Å². The molecule has 0 saturated heterocycles. The summed E-state index contributed by atoms with van der Waals surface area (Å²) in [5.41, 5.74) is 2.93. The molecule has 1 atom stereocenters. The first-order valence-corrected chi connectivity index (χ1v) is 7.05. The summed E-state index contributed by atoms with van der Waals surface area (Å²) in [5, 5.41) is 0. The summed E-state index contributed by atoms with van der Waals surface area (Å²) in [6.45, 7) is 12.3. The minimum atomic E-state index is -0.211. The van der Waals surface area contributed by atoms with E-state index < -0.39 is 0 Å². The van der Waals surface area contributed by atoms with Crippen LogP contribution in [0.3, 0.4) is 0 Å². The van der Waals surface area contributed by atoms with Crippen molar-refractivity contribution in [2.45, 2.75) is 59.8 Å². The number of allylic oxidation sites excluding steroid dienone is 3. The van der Waals surface area contributed by atoms with Gasteiger partial charge in [0, 0.05) is 6.92 Å². The topological polar surface area (TPSA) is 26.3 Å². The van der Waals surface area contributed by atoms with Crippen LogP contribution in [0.4, 0.5) is 0 Å². The lowest BCUT2D eigenvalue weighted by Gasteiger charge is -2.24. The van der Waals surface area contributed by atoms with Gasteiger partial charge in [-0.3, -0.25) is 4.79 Å². The average Bonchev–Trinajstić information content (AvgIpc) is 2.33. The molecule has 1 saturated carbocycles. The van der Waals surface area contributed by atoms with E-state index >= 15 is 0 Å². The molecule has 1 aliphatic carbocycles. The highest BCUT2D eigenvalue weighted by Crippen LogP contribution is 2.33. The molecule has 1 aliphatic rings. The van der Waals surface area contributed by atoms with Crippen molar-refractivity contribution in [3.63, 3.8) is 0 Å². The van der Waals surface area contributed by atoms with Crippen molar-refractivity contribution in [3.8, 4) is 0 Å². The Morgan fingerprint density at radius 3 is 2.50 bits per heavy atom. The average molecular weight is 252 g/mol. The van der Waals surface area contributed by atoms with Crippen LogP contribution in [0, 0.1) is 5.92 Å². The molecule has 18 heavy (non-hydrogen) atoms. The predicted octanol–water partition coefficient (Wildman–Crippen LogP) is 4.66. The number of rotatable bonds is 3. The van der Waals surface area contributed by atoms with Gasteiger partial charge in [-0.15, -0.1) is 0 Å². The molecule has 0 aromatic carbocycles. The summed E-state index contributed by atoms with van der Waals surface area (Å²) in [5.74, 6) is 0.714. The van der Waals surface area contributed by atoms with Gasteiger partial charge in [0.25, 0.3) is 0 Å². The van der Waals surface area contributed by atoms with Crippen LogP contribution in [-0.2, 0) is 9.53 Å². The highest BCUT2D eigenvalue weighted by Gasteiger charge is 2.17. The lowest BCUT2D eigenvalue weighted by atomic mass is 9.81. The first kappa shape index (κ1) is 16.9. The Hall–Kier alpha value is -1.05. The molecule has 0 aromatic heterocycles. The molecule has 1 fully saturated rings. The van der Waals surface area contributed by atoms with Crippen LogP contribution in [0.2, 0.25) is 0 Å². The third kappa shape index (κ3) is 7.31. The maximum atomic E-state index is 9.82. The smallest absolute Gasteiger partial charge is 0.302 e. The SMILES string of the molecule is C=C1CCC(CC)C/C1=C\CC.CCOC(C)=O. The van der Waals surface area contributed by atoms with Crippen molar-refractivity contribution in [3.05, 3.63) is 23.8 Å². The van der Waals surface area contributed by atoms with Gasteiger partial charge in [-0.1, -0.05) is 38.5 Å². The van der Waals surface area contributed by atoms with Crippen LogP contribution in [0.25, 0.3) is 0 Å². The van der Waals surface area contributed by atoms with E-state index in [0.29, 0.717) is 6.61 Å². The van der Waals surface area contributed by atoms with E-state index in [9.17, 15) is 4.79 Å². The summed E-state index contributed by atoms with van der Waals surface area (Å²) in [6, 6.07) is 0. The molecule has 0 heterocycles. The predicted molar refractivity (Wildman–Crippen MR) is 77.5 cm³/mol. The molecule has 0 amide bonds. The van der Waals surface area contributed by atoms with Crippen molar-refractivity contribution in [2.24, 2.45) is 5.92 Å². The molecule has 0 spiro atoms. The lowest BCUT2D eigenvalue weighted by Crippen LogP contribution is -2.09. The third-order valence-corrected chi connectivity index (χ3v) is 3.19. The fraction of sp³-hybridized carbons (Fsp3) is 0.688. The van der Waals surface area contributed by atoms with Gasteiger partial charge < -0.3 is 4.74 Å². The maximum absolute atomic E-state index is 9.82. The standard InChI is InChI=1S/C12H20.C4H8O2/c1-4-6-12-9-11(5-2)8-7-10(12)3;1-3-6-4(2)5/h6,11H,3-5,7-9H2,1-2H3;3H2,1-2H3/b12-6+;.